The topological polar surface area (TPSA) is 116 Å². The zero-order valence-corrected chi connectivity index (χ0v) is 28.3. The Morgan fingerprint density at radius 1 is 0.898 bits per heavy atom. The van der Waals surface area contributed by atoms with E-state index in [1.165, 1.54) is 0 Å². The number of esters is 1. The van der Waals surface area contributed by atoms with Crippen molar-refractivity contribution >= 4 is 17.8 Å². The van der Waals surface area contributed by atoms with Gasteiger partial charge in [-0.15, -0.1) is 0 Å². The summed E-state index contributed by atoms with van der Waals surface area (Å²) in [6, 6.07) is 30.3. The van der Waals surface area contributed by atoms with E-state index in [0.717, 1.165) is 22.3 Å². The summed E-state index contributed by atoms with van der Waals surface area (Å²) < 4.78 is 23.6. The molecule has 0 bridgehead atoms. The minimum Gasteiger partial charge on any atom is -0.497 e. The van der Waals surface area contributed by atoms with Crippen LogP contribution in [0.1, 0.15) is 74.4 Å². The van der Waals surface area contributed by atoms with E-state index in [1.807, 2.05) is 93.6 Å². The van der Waals surface area contributed by atoms with Crippen LogP contribution in [0.4, 0.5) is 0 Å². The first-order valence-corrected chi connectivity index (χ1v) is 16.6. The van der Waals surface area contributed by atoms with Gasteiger partial charge >= 0.3 is 5.97 Å². The van der Waals surface area contributed by atoms with Gasteiger partial charge in [0.2, 0.25) is 5.90 Å². The van der Waals surface area contributed by atoms with Gasteiger partial charge in [0.15, 0.2) is 11.6 Å². The van der Waals surface area contributed by atoms with Crippen molar-refractivity contribution in [3.63, 3.8) is 0 Å². The molecule has 2 aliphatic rings. The van der Waals surface area contributed by atoms with Gasteiger partial charge < -0.3 is 29.4 Å². The highest BCUT2D eigenvalue weighted by molar-refractivity contribution is 6.01. The summed E-state index contributed by atoms with van der Waals surface area (Å²) >= 11 is 0. The number of aliphatic hydroxyl groups is 1. The van der Waals surface area contributed by atoms with Crippen LogP contribution in [0.5, 0.6) is 11.5 Å². The lowest BCUT2D eigenvalue weighted by Crippen LogP contribution is -2.49. The van der Waals surface area contributed by atoms with Gasteiger partial charge in [0.1, 0.15) is 17.1 Å². The molecular formula is C40H42N2O7. The van der Waals surface area contributed by atoms with Gasteiger partial charge in [-0.1, -0.05) is 60.7 Å². The molecule has 254 valence electrons. The van der Waals surface area contributed by atoms with Gasteiger partial charge in [-0.3, -0.25) is 9.59 Å². The molecule has 0 unspecified atom stereocenters. The molecule has 1 amide bonds. The molecule has 0 saturated carbocycles. The van der Waals surface area contributed by atoms with Crippen molar-refractivity contribution in [2.75, 3.05) is 20.3 Å². The predicted octanol–water partition coefficient (Wildman–Crippen LogP) is 6.72. The molecule has 2 N–H and O–H groups in total. The van der Waals surface area contributed by atoms with Crippen LogP contribution < -0.4 is 14.8 Å². The Bertz CT molecular complexity index is 1800. The van der Waals surface area contributed by atoms with Crippen LogP contribution in [0.2, 0.25) is 0 Å². The van der Waals surface area contributed by atoms with Gasteiger partial charge in [-0.2, -0.15) is 0 Å². The van der Waals surface area contributed by atoms with E-state index in [1.54, 1.807) is 19.2 Å². The number of methoxy groups -OCH3 is 1. The molecule has 4 aromatic rings. The minimum atomic E-state index is -1.55. The van der Waals surface area contributed by atoms with E-state index in [9.17, 15) is 4.79 Å². The van der Waals surface area contributed by atoms with Crippen LogP contribution in [0.15, 0.2) is 102 Å². The van der Waals surface area contributed by atoms with Crippen molar-refractivity contribution < 1.29 is 33.6 Å². The number of aliphatic imine (C=N–C) groups is 1. The maximum absolute atomic E-state index is 15.0. The largest absolute Gasteiger partial charge is 0.497 e. The Kier molecular flexibility index (Phi) is 9.74. The average molecular weight is 663 g/mol. The number of ether oxygens (including phenoxy) is 4. The van der Waals surface area contributed by atoms with Crippen LogP contribution in [0.3, 0.4) is 0 Å². The van der Waals surface area contributed by atoms with Gasteiger partial charge in [-0.25, -0.2) is 4.99 Å². The van der Waals surface area contributed by atoms with Gasteiger partial charge in [0.05, 0.1) is 19.8 Å². The lowest BCUT2D eigenvalue weighted by Gasteiger charge is -2.32. The third kappa shape index (κ3) is 7.17. The highest BCUT2D eigenvalue weighted by Crippen LogP contribution is 2.47. The molecule has 9 heteroatoms. The van der Waals surface area contributed by atoms with Crippen molar-refractivity contribution in [1.82, 2.24) is 5.32 Å². The van der Waals surface area contributed by atoms with Crippen LogP contribution in [0, 0.1) is 0 Å². The van der Waals surface area contributed by atoms with Crippen LogP contribution in [-0.2, 0) is 19.1 Å². The summed E-state index contributed by atoms with van der Waals surface area (Å²) in [5, 5.41) is 12.5. The third-order valence-corrected chi connectivity index (χ3v) is 8.67. The SMILES string of the molecule is COc1cccc([C@H]2OC(c3ccc(OCCCO)cc3)=N[C@@]2(CCC(=O)OC(C)(C)C)C(=O)NC2c3ccccc3-c3ccccc32)c1. The standard InChI is InChI=1S/C40H42N2O7/c1-39(2,3)49-34(44)21-22-40(38(45)41-35-32-15-7-5-13-30(32)31-14-6-8-16-33(31)35)36(27-11-9-12-29(25-27)46-4)48-37(42-40)26-17-19-28(20-18-26)47-24-10-23-43/h5-9,11-20,25,35-36,43H,10,21-24H2,1-4H3,(H,41,45)/t36-,40-/m1/s1. The molecule has 1 heterocycles. The predicted molar refractivity (Wildman–Crippen MR) is 187 cm³/mol. The van der Waals surface area contributed by atoms with E-state index >= 15 is 4.79 Å². The number of carbonyl (C=O) groups excluding carboxylic acids is 2. The average Bonchev–Trinajstić information content (AvgIpc) is 3.64. The molecule has 0 radical (unpaired) electrons. The van der Waals surface area contributed by atoms with E-state index < -0.39 is 29.3 Å². The number of rotatable bonds is 12. The lowest BCUT2D eigenvalue weighted by molar-refractivity contribution is -0.155. The zero-order valence-electron chi connectivity index (χ0n) is 28.3. The maximum atomic E-state index is 15.0. The molecule has 0 aromatic heterocycles. The molecule has 1 aliphatic carbocycles. The van der Waals surface area contributed by atoms with Crippen molar-refractivity contribution in [2.24, 2.45) is 4.99 Å². The van der Waals surface area contributed by atoms with E-state index in [-0.39, 0.29) is 31.3 Å². The quantitative estimate of drug-likeness (QED) is 0.128. The van der Waals surface area contributed by atoms with Crippen LogP contribution in [-0.4, -0.2) is 54.3 Å². The summed E-state index contributed by atoms with van der Waals surface area (Å²) in [4.78, 5) is 33.3. The highest BCUT2D eigenvalue weighted by Gasteiger charge is 2.54. The van der Waals surface area contributed by atoms with Crippen molar-refractivity contribution in [3.05, 3.63) is 119 Å². The second-order valence-corrected chi connectivity index (χ2v) is 13.2. The first-order valence-electron chi connectivity index (χ1n) is 16.6. The minimum absolute atomic E-state index is 0.0253. The normalized spacial score (nSPS) is 18.1. The first-order chi connectivity index (χ1) is 23.6. The number of benzene rings is 4. The van der Waals surface area contributed by atoms with Crippen LogP contribution in [0.25, 0.3) is 11.1 Å². The Morgan fingerprint density at radius 2 is 1.57 bits per heavy atom. The van der Waals surface area contributed by atoms with Crippen molar-refractivity contribution in [1.29, 1.82) is 0 Å². The Hall–Kier alpha value is -5.15. The fourth-order valence-electron chi connectivity index (χ4n) is 6.43. The molecule has 1 aliphatic heterocycles. The fourth-order valence-corrected chi connectivity index (χ4v) is 6.43. The second-order valence-electron chi connectivity index (χ2n) is 13.2. The highest BCUT2D eigenvalue weighted by atomic mass is 16.6. The monoisotopic (exact) mass is 662 g/mol. The van der Waals surface area contributed by atoms with Crippen molar-refractivity contribution in [2.45, 2.75) is 63.3 Å². The Balaban J connectivity index is 1.43. The zero-order chi connectivity index (χ0) is 34.6. The Labute approximate surface area is 286 Å². The van der Waals surface area contributed by atoms with Crippen molar-refractivity contribution in [3.8, 4) is 22.6 Å². The second kappa shape index (κ2) is 14.1. The molecular weight excluding hydrogens is 620 g/mol. The van der Waals surface area contributed by atoms with Gasteiger partial charge in [0.25, 0.3) is 5.91 Å². The number of aliphatic hydroxyl groups excluding tert-OH is 1. The van der Waals surface area contributed by atoms with Crippen LogP contribution >= 0.6 is 0 Å². The van der Waals surface area contributed by atoms with Gasteiger partial charge in [-0.05, 0) is 91.4 Å². The molecule has 9 nitrogen and oxygen atoms in total. The summed E-state index contributed by atoms with van der Waals surface area (Å²) in [6.07, 6.45) is -0.420. The number of carbonyl (C=O) groups is 2. The van der Waals surface area contributed by atoms with E-state index in [0.29, 0.717) is 35.7 Å². The number of hydrogen-bond acceptors (Lipinski definition) is 8. The van der Waals surface area contributed by atoms with E-state index in [4.69, 9.17) is 29.0 Å². The van der Waals surface area contributed by atoms with Gasteiger partial charge in [0, 0.05) is 25.0 Å². The summed E-state index contributed by atoms with van der Waals surface area (Å²) in [5.41, 5.74) is 3.15. The lowest BCUT2D eigenvalue weighted by atomic mass is 9.82. The summed E-state index contributed by atoms with van der Waals surface area (Å²) in [5.74, 6) is 0.681. The third-order valence-electron chi connectivity index (χ3n) is 8.67. The first kappa shape index (κ1) is 33.7. The summed E-state index contributed by atoms with van der Waals surface area (Å²) in [7, 11) is 1.58. The molecule has 0 spiro atoms. The molecule has 0 fully saturated rings. The maximum Gasteiger partial charge on any atom is 0.306 e. The van der Waals surface area contributed by atoms with E-state index in [2.05, 4.69) is 17.4 Å². The number of fused-ring (bicyclic) bond motifs is 3. The summed E-state index contributed by atoms with van der Waals surface area (Å²) in [6.45, 7) is 5.86. The number of nitrogens with zero attached hydrogens (tertiary/aromatic N) is 1. The smallest absolute Gasteiger partial charge is 0.306 e. The number of nitrogens with one attached hydrogen (secondary N) is 1. The molecule has 0 saturated heterocycles. The molecule has 6 rings (SSSR count). The fraction of sp³-hybridized carbons (Fsp3) is 0.325. The number of hydrogen-bond donors (Lipinski definition) is 2. The Morgan fingerprint density at radius 3 is 2.20 bits per heavy atom. The molecule has 2 atom stereocenters. The number of amides is 1. The molecule has 49 heavy (non-hydrogen) atoms. The molecule has 4 aromatic carbocycles.